The van der Waals surface area contributed by atoms with Crippen molar-refractivity contribution in [2.75, 3.05) is 36.7 Å². The van der Waals surface area contributed by atoms with Gasteiger partial charge in [-0.15, -0.1) is 0 Å². The molecule has 182 valence electrons. The maximum Gasteiger partial charge on any atom is 0.416 e. The van der Waals surface area contributed by atoms with E-state index >= 15 is 0 Å². The van der Waals surface area contributed by atoms with E-state index in [1.54, 1.807) is 30.5 Å². The van der Waals surface area contributed by atoms with Crippen molar-refractivity contribution in [1.82, 2.24) is 14.9 Å². The third-order valence-corrected chi connectivity index (χ3v) is 5.37. The van der Waals surface area contributed by atoms with Crippen molar-refractivity contribution in [3.05, 3.63) is 77.6 Å². The fourth-order valence-electron chi connectivity index (χ4n) is 3.57. The number of carbonyl (C=O) groups is 1. The highest BCUT2D eigenvalue weighted by Crippen LogP contribution is 2.32. The first-order chi connectivity index (χ1) is 16.6. The van der Waals surface area contributed by atoms with Crippen molar-refractivity contribution in [2.24, 2.45) is 0 Å². The summed E-state index contributed by atoms with van der Waals surface area (Å²) in [5, 5.41) is 9.96. The van der Waals surface area contributed by atoms with Crippen molar-refractivity contribution < 1.29 is 18.0 Å². The number of pyridine rings is 1. The van der Waals surface area contributed by atoms with Crippen molar-refractivity contribution >= 4 is 39.7 Å². The summed E-state index contributed by atoms with van der Waals surface area (Å²) in [5.41, 5.74) is 3.09. The number of nitrogens with one attached hydrogen (secondary N) is 4. The normalized spacial score (nSPS) is 11.6. The SMILES string of the molecule is Cc1ccc(Nc2cccc(C(F)(F)F)c2)cc1NC(=O)c1cnc2[nH]ccc2c1NCN(C)C. The lowest BCUT2D eigenvalue weighted by Crippen LogP contribution is -2.23. The number of aromatic amines is 1. The molecule has 2 aromatic carbocycles. The molecule has 2 aromatic heterocycles. The number of hydrogen-bond acceptors (Lipinski definition) is 5. The van der Waals surface area contributed by atoms with E-state index in [9.17, 15) is 18.0 Å². The van der Waals surface area contributed by atoms with E-state index in [-0.39, 0.29) is 5.91 Å². The second kappa shape index (κ2) is 9.67. The highest BCUT2D eigenvalue weighted by molar-refractivity contribution is 6.12. The van der Waals surface area contributed by atoms with Gasteiger partial charge in [0.25, 0.3) is 5.91 Å². The highest BCUT2D eigenvalue weighted by Gasteiger charge is 2.30. The maximum atomic E-state index is 13.3. The summed E-state index contributed by atoms with van der Waals surface area (Å²) < 4.78 is 39.1. The molecule has 7 nitrogen and oxygen atoms in total. The Labute approximate surface area is 200 Å². The summed E-state index contributed by atoms with van der Waals surface area (Å²) in [6.45, 7) is 2.35. The quantitative estimate of drug-likeness (QED) is 0.250. The number of carbonyl (C=O) groups excluding carboxylic acids is 1. The average Bonchev–Trinajstić information content (AvgIpc) is 3.28. The van der Waals surface area contributed by atoms with Gasteiger partial charge in [0, 0.05) is 34.8 Å². The molecule has 0 spiro atoms. The fraction of sp³-hybridized carbons (Fsp3) is 0.200. The van der Waals surface area contributed by atoms with Crippen molar-refractivity contribution in [2.45, 2.75) is 13.1 Å². The minimum Gasteiger partial charge on any atom is -0.371 e. The number of benzene rings is 2. The van der Waals surface area contributed by atoms with Crippen LogP contribution in [0.3, 0.4) is 0 Å². The smallest absolute Gasteiger partial charge is 0.371 e. The fourth-order valence-corrected chi connectivity index (χ4v) is 3.57. The van der Waals surface area contributed by atoms with E-state index < -0.39 is 11.7 Å². The van der Waals surface area contributed by atoms with Gasteiger partial charge in [-0.2, -0.15) is 13.2 Å². The van der Waals surface area contributed by atoms with Crippen LogP contribution in [0.4, 0.5) is 35.9 Å². The molecule has 0 aliphatic carbocycles. The molecule has 0 saturated heterocycles. The molecule has 4 rings (SSSR count). The number of aryl methyl sites for hydroxylation is 1. The van der Waals surface area contributed by atoms with Crippen LogP contribution in [0, 0.1) is 6.92 Å². The van der Waals surface area contributed by atoms with Gasteiger partial charge in [-0.05, 0) is 63.0 Å². The lowest BCUT2D eigenvalue weighted by Gasteiger charge is -2.17. The van der Waals surface area contributed by atoms with Crippen molar-refractivity contribution in [1.29, 1.82) is 0 Å². The number of alkyl halides is 3. The van der Waals surface area contributed by atoms with Gasteiger partial charge in [-0.1, -0.05) is 12.1 Å². The number of amides is 1. The third-order valence-electron chi connectivity index (χ3n) is 5.37. The molecule has 35 heavy (non-hydrogen) atoms. The van der Waals surface area contributed by atoms with Gasteiger partial charge in [0.1, 0.15) is 5.65 Å². The number of rotatable bonds is 7. The Bertz CT molecular complexity index is 1360. The molecule has 0 saturated carbocycles. The predicted molar refractivity (Wildman–Crippen MR) is 132 cm³/mol. The molecule has 0 fully saturated rings. The third kappa shape index (κ3) is 5.55. The highest BCUT2D eigenvalue weighted by atomic mass is 19.4. The van der Waals surface area contributed by atoms with Gasteiger partial charge >= 0.3 is 6.18 Å². The van der Waals surface area contributed by atoms with Crippen LogP contribution >= 0.6 is 0 Å². The zero-order chi connectivity index (χ0) is 25.2. The van der Waals surface area contributed by atoms with Gasteiger partial charge in [-0.25, -0.2) is 4.98 Å². The van der Waals surface area contributed by atoms with Crippen LogP contribution in [0.15, 0.2) is 60.9 Å². The Kier molecular flexibility index (Phi) is 6.65. The Morgan fingerprint density at radius 1 is 1.09 bits per heavy atom. The van der Waals surface area contributed by atoms with Gasteiger partial charge < -0.3 is 20.9 Å². The van der Waals surface area contributed by atoms with E-state index in [0.29, 0.717) is 40.6 Å². The summed E-state index contributed by atoms with van der Waals surface area (Å²) in [7, 11) is 3.82. The molecule has 10 heteroatoms. The lowest BCUT2D eigenvalue weighted by atomic mass is 10.1. The van der Waals surface area contributed by atoms with Crippen molar-refractivity contribution in [3.63, 3.8) is 0 Å². The van der Waals surface area contributed by atoms with Crippen LogP contribution in [-0.2, 0) is 6.18 Å². The minimum atomic E-state index is -4.43. The Hall–Kier alpha value is -4.05. The van der Waals surface area contributed by atoms with Crippen LogP contribution in [0.1, 0.15) is 21.5 Å². The molecular weight excluding hydrogens is 457 g/mol. The van der Waals surface area contributed by atoms with Gasteiger partial charge in [0.05, 0.1) is 23.5 Å². The maximum absolute atomic E-state index is 13.3. The molecule has 0 bridgehead atoms. The average molecular weight is 483 g/mol. The molecule has 2 heterocycles. The minimum absolute atomic E-state index is 0.290. The van der Waals surface area contributed by atoms with E-state index in [4.69, 9.17) is 0 Å². The molecular formula is C25H25F3N6O. The molecule has 1 amide bonds. The number of halogens is 3. The Morgan fingerprint density at radius 3 is 2.60 bits per heavy atom. The Balaban J connectivity index is 1.59. The zero-order valence-electron chi connectivity index (χ0n) is 19.4. The molecule has 0 atom stereocenters. The Morgan fingerprint density at radius 2 is 1.86 bits per heavy atom. The van der Waals surface area contributed by atoms with E-state index in [2.05, 4.69) is 25.9 Å². The summed E-state index contributed by atoms with van der Waals surface area (Å²) in [5.74, 6) is -0.360. The van der Waals surface area contributed by atoms with E-state index in [1.165, 1.54) is 12.3 Å². The number of fused-ring (bicyclic) bond motifs is 1. The zero-order valence-corrected chi connectivity index (χ0v) is 19.4. The number of aromatic nitrogens is 2. The molecule has 0 radical (unpaired) electrons. The number of H-pyrrole nitrogens is 1. The second-order valence-electron chi connectivity index (χ2n) is 8.39. The first-order valence-electron chi connectivity index (χ1n) is 10.8. The van der Waals surface area contributed by atoms with Gasteiger partial charge in [-0.3, -0.25) is 9.69 Å². The largest absolute Gasteiger partial charge is 0.416 e. The molecule has 4 aromatic rings. The van der Waals surface area contributed by atoms with Crippen LogP contribution in [0.25, 0.3) is 11.0 Å². The van der Waals surface area contributed by atoms with Gasteiger partial charge in [0.15, 0.2) is 0 Å². The van der Waals surface area contributed by atoms with Gasteiger partial charge in [0.2, 0.25) is 0 Å². The summed E-state index contributed by atoms with van der Waals surface area (Å²) >= 11 is 0. The van der Waals surface area contributed by atoms with Crippen LogP contribution < -0.4 is 16.0 Å². The monoisotopic (exact) mass is 482 g/mol. The van der Waals surface area contributed by atoms with Crippen LogP contribution in [0.2, 0.25) is 0 Å². The molecule has 0 aliphatic rings. The molecule has 0 aliphatic heterocycles. The standard InChI is InChI=1S/C25H25F3N6O/c1-15-7-8-18(32-17-6-4-5-16(11-17)25(26,27)28)12-21(15)33-24(35)20-13-30-23-19(9-10-29-23)22(20)31-14-34(2)3/h4-13,32H,14H2,1-3H3,(H,33,35)(H2,29,30,31). The van der Waals surface area contributed by atoms with Crippen molar-refractivity contribution in [3.8, 4) is 0 Å². The summed E-state index contributed by atoms with van der Waals surface area (Å²) in [6.07, 6.45) is -1.17. The first-order valence-corrected chi connectivity index (χ1v) is 10.8. The van der Waals surface area contributed by atoms with Crippen LogP contribution in [-0.4, -0.2) is 41.5 Å². The summed E-state index contributed by atoms with van der Waals surface area (Å²) in [6, 6.07) is 12.0. The predicted octanol–water partition coefficient (Wildman–Crippen LogP) is 5.82. The summed E-state index contributed by atoms with van der Waals surface area (Å²) in [4.78, 5) is 22.6. The topological polar surface area (TPSA) is 85.1 Å². The number of hydrogen-bond donors (Lipinski definition) is 4. The number of anilines is 4. The van der Waals surface area contributed by atoms with E-state index in [0.717, 1.165) is 23.1 Å². The molecule has 0 unspecified atom stereocenters. The van der Waals surface area contributed by atoms with E-state index in [1.807, 2.05) is 32.0 Å². The molecule has 4 N–H and O–H groups in total. The first kappa shape index (κ1) is 24.1. The lowest BCUT2D eigenvalue weighted by molar-refractivity contribution is -0.137. The number of nitrogens with zero attached hydrogens (tertiary/aromatic N) is 2. The second-order valence-corrected chi connectivity index (χ2v) is 8.39. The van der Waals surface area contributed by atoms with Crippen LogP contribution in [0.5, 0.6) is 0 Å².